The van der Waals surface area contributed by atoms with Crippen molar-refractivity contribution in [2.75, 3.05) is 0 Å². The maximum Gasteiger partial charge on any atom is 0.285 e. The molecule has 1 atom stereocenters. The number of fused-ring (bicyclic) bond motifs is 1. The average Bonchev–Trinajstić information content (AvgIpc) is 2.81. The van der Waals surface area contributed by atoms with Gasteiger partial charge in [0, 0.05) is 31.2 Å². The molecule has 0 spiro atoms. The molecular formula is C24H16Cl4N2O4. The van der Waals surface area contributed by atoms with Crippen LogP contribution in [0, 0.1) is 0 Å². The number of hydrogen-bond acceptors (Lipinski definition) is 5. The summed E-state index contributed by atoms with van der Waals surface area (Å²) in [5, 5.41) is 6.42. The van der Waals surface area contributed by atoms with Crippen molar-refractivity contribution in [2.24, 2.45) is 5.16 Å². The first kappa shape index (κ1) is 24.5. The minimum absolute atomic E-state index is 0.0727. The SMILES string of the molecule is O=C1c2ccccc2C(C=NOCc2ccc(Cl)cc2Cl)C(=O)N1OCc1ccc(Cl)cc1Cl. The smallest absolute Gasteiger partial charge is 0.285 e. The van der Waals surface area contributed by atoms with Crippen LogP contribution in [0.25, 0.3) is 0 Å². The first-order valence-corrected chi connectivity index (χ1v) is 11.5. The Hall–Kier alpha value is -2.61. The number of carbonyl (C=O) groups is 2. The van der Waals surface area contributed by atoms with Crippen LogP contribution < -0.4 is 0 Å². The van der Waals surface area contributed by atoms with Crippen molar-refractivity contribution in [1.29, 1.82) is 0 Å². The van der Waals surface area contributed by atoms with E-state index < -0.39 is 17.7 Å². The molecule has 1 unspecified atom stereocenters. The van der Waals surface area contributed by atoms with Gasteiger partial charge in [0.2, 0.25) is 0 Å². The highest BCUT2D eigenvalue weighted by atomic mass is 35.5. The normalized spacial score (nSPS) is 15.6. The van der Waals surface area contributed by atoms with Crippen molar-refractivity contribution >= 4 is 64.4 Å². The number of imide groups is 1. The van der Waals surface area contributed by atoms with Crippen molar-refractivity contribution in [3.05, 3.63) is 103 Å². The highest BCUT2D eigenvalue weighted by Gasteiger charge is 2.39. The van der Waals surface area contributed by atoms with Gasteiger partial charge in [-0.2, -0.15) is 0 Å². The maximum atomic E-state index is 13.2. The molecule has 0 N–H and O–H groups in total. The molecule has 0 aliphatic carbocycles. The molecule has 0 aromatic heterocycles. The number of rotatable bonds is 7. The van der Waals surface area contributed by atoms with Gasteiger partial charge in [0.15, 0.2) is 0 Å². The van der Waals surface area contributed by atoms with Crippen molar-refractivity contribution in [1.82, 2.24) is 5.06 Å². The van der Waals surface area contributed by atoms with Crippen LogP contribution in [0.5, 0.6) is 0 Å². The summed E-state index contributed by atoms with van der Waals surface area (Å²) < 4.78 is 0. The third-order valence-electron chi connectivity index (χ3n) is 5.06. The molecule has 0 fully saturated rings. The molecule has 0 bridgehead atoms. The summed E-state index contributed by atoms with van der Waals surface area (Å²) in [6, 6.07) is 16.6. The van der Waals surface area contributed by atoms with E-state index in [1.807, 2.05) is 0 Å². The van der Waals surface area contributed by atoms with Crippen LogP contribution in [0.4, 0.5) is 0 Å². The highest BCUT2D eigenvalue weighted by molar-refractivity contribution is 6.35. The molecule has 34 heavy (non-hydrogen) atoms. The summed E-state index contributed by atoms with van der Waals surface area (Å²) in [5.74, 6) is -2.08. The van der Waals surface area contributed by atoms with E-state index in [1.54, 1.807) is 60.7 Å². The number of amides is 2. The summed E-state index contributed by atoms with van der Waals surface area (Å²) in [5.41, 5.74) is 2.07. The molecule has 3 aromatic rings. The van der Waals surface area contributed by atoms with E-state index >= 15 is 0 Å². The molecule has 1 heterocycles. The minimum atomic E-state index is -0.893. The Bertz CT molecular complexity index is 1280. The van der Waals surface area contributed by atoms with E-state index in [9.17, 15) is 9.59 Å². The van der Waals surface area contributed by atoms with Gasteiger partial charge >= 0.3 is 0 Å². The Balaban J connectivity index is 1.51. The monoisotopic (exact) mass is 536 g/mol. The second-order valence-corrected chi connectivity index (χ2v) is 8.96. The predicted molar refractivity (Wildman–Crippen MR) is 131 cm³/mol. The zero-order valence-electron chi connectivity index (χ0n) is 17.4. The van der Waals surface area contributed by atoms with Gasteiger partial charge in [-0.05, 0) is 41.5 Å². The van der Waals surface area contributed by atoms with E-state index in [1.165, 1.54) is 6.21 Å². The molecule has 1 aliphatic heterocycles. The summed E-state index contributed by atoms with van der Waals surface area (Å²) in [4.78, 5) is 37.0. The molecule has 6 nitrogen and oxygen atoms in total. The molecule has 0 saturated heterocycles. The van der Waals surface area contributed by atoms with Gasteiger partial charge in [-0.3, -0.25) is 14.4 Å². The van der Waals surface area contributed by atoms with Gasteiger partial charge < -0.3 is 4.84 Å². The van der Waals surface area contributed by atoms with Gasteiger partial charge in [0.05, 0.1) is 6.21 Å². The maximum absolute atomic E-state index is 13.2. The molecule has 2 amide bonds. The molecule has 1 aliphatic rings. The van der Waals surface area contributed by atoms with Gasteiger partial charge in [0.25, 0.3) is 11.8 Å². The Kier molecular flexibility index (Phi) is 7.76. The Morgan fingerprint density at radius 2 is 1.47 bits per heavy atom. The lowest BCUT2D eigenvalue weighted by molar-refractivity contribution is -0.174. The number of oxime groups is 1. The summed E-state index contributed by atoms with van der Waals surface area (Å²) in [6.45, 7) is -0.0334. The largest absolute Gasteiger partial charge is 0.391 e. The van der Waals surface area contributed by atoms with E-state index in [2.05, 4.69) is 5.16 Å². The quantitative estimate of drug-likeness (QED) is 0.191. The molecule has 3 aromatic carbocycles. The first-order chi connectivity index (χ1) is 16.3. The third kappa shape index (κ3) is 5.37. The van der Waals surface area contributed by atoms with E-state index in [4.69, 9.17) is 56.1 Å². The van der Waals surface area contributed by atoms with Crippen LogP contribution >= 0.6 is 46.4 Å². The second-order valence-electron chi connectivity index (χ2n) is 7.28. The predicted octanol–water partition coefficient (Wildman–Crippen LogP) is 6.70. The van der Waals surface area contributed by atoms with Gasteiger partial charge in [-0.25, -0.2) is 0 Å². The third-order valence-corrected chi connectivity index (χ3v) is 6.23. The first-order valence-electron chi connectivity index (χ1n) is 9.98. The summed E-state index contributed by atoms with van der Waals surface area (Å²) in [7, 11) is 0. The lowest BCUT2D eigenvalue weighted by Gasteiger charge is -2.29. The molecule has 4 rings (SSSR count). The van der Waals surface area contributed by atoms with Crippen LogP contribution in [0.1, 0.15) is 33.0 Å². The molecule has 174 valence electrons. The molecule has 10 heteroatoms. The molecule has 0 radical (unpaired) electrons. The van der Waals surface area contributed by atoms with E-state index in [-0.39, 0.29) is 13.2 Å². The topological polar surface area (TPSA) is 68.2 Å². The van der Waals surface area contributed by atoms with Crippen LogP contribution in [0.15, 0.2) is 65.8 Å². The number of carbonyl (C=O) groups excluding carboxylic acids is 2. The lowest BCUT2D eigenvalue weighted by Crippen LogP contribution is -2.45. The molecular weight excluding hydrogens is 522 g/mol. The Morgan fingerprint density at radius 1 is 0.853 bits per heavy atom. The Morgan fingerprint density at radius 3 is 2.12 bits per heavy atom. The average molecular weight is 538 g/mol. The molecule has 0 saturated carbocycles. The van der Waals surface area contributed by atoms with Gasteiger partial charge in [0.1, 0.15) is 19.1 Å². The fourth-order valence-electron chi connectivity index (χ4n) is 3.32. The van der Waals surface area contributed by atoms with Crippen LogP contribution in [0.2, 0.25) is 20.1 Å². The number of hydrogen-bond donors (Lipinski definition) is 0. The van der Waals surface area contributed by atoms with E-state index in [0.717, 1.165) is 5.06 Å². The fourth-order valence-corrected chi connectivity index (χ4v) is 4.25. The summed E-state index contributed by atoms with van der Waals surface area (Å²) >= 11 is 24.1. The number of hydroxylamine groups is 2. The number of halogens is 4. The minimum Gasteiger partial charge on any atom is -0.391 e. The zero-order chi connectivity index (χ0) is 24.2. The Labute approximate surface area is 215 Å². The van der Waals surface area contributed by atoms with Gasteiger partial charge in [-0.15, -0.1) is 5.06 Å². The van der Waals surface area contributed by atoms with E-state index in [0.29, 0.717) is 42.3 Å². The van der Waals surface area contributed by atoms with Crippen molar-refractivity contribution in [3.63, 3.8) is 0 Å². The van der Waals surface area contributed by atoms with Crippen LogP contribution in [0.3, 0.4) is 0 Å². The fraction of sp³-hybridized carbons (Fsp3) is 0.125. The zero-order valence-corrected chi connectivity index (χ0v) is 20.4. The van der Waals surface area contributed by atoms with Crippen LogP contribution in [-0.2, 0) is 27.7 Å². The summed E-state index contributed by atoms with van der Waals surface area (Å²) in [6.07, 6.45) is 1.32. The van der Waals surface area contributed by atoms with Crippen molar-refractivity contribution in [2.45, 2.75) is 19.1 Å². The standard InChI is InChI=1S/C24H16Cl4N2O4/c25-16-7-5-14(21(27)9-16)12-33-29-11-20-18-3-1-2-4-19(18)23(31)30(24(20)32)34-13-15-6-8-17(26)10-22(15)28/h1-11,20H,12-13H2. The number of benzene rings is 3. The van der Waals surface area contributed by atoms with Crippen molar-refractivity contribution in [3.8, 4) is 0 Å². The van der Waals surface area contributed by atoms with Crippen LogP contribution in [-0.4, -0.2) is 23.1 Å². The second kappa shape index (κ2) is 10.8. The highest BCUT2D eigenvalue weighted by Crippen LogP contribution is 2.30. The number of nitrogens with zero attached hydrogens (tertiary/aromatic N) is 2. The lowest BCUT2D eigenvalue weighted by atomic mass is 9.90. The van der Waals surface area contributed by atoms with Crippen molar-refractivity contribution < 1.29 is 19.3 Å². The van der Waals surface area contributed by atoms with Gasteiger partial charge in [-0.1, -0.05) is 81.9 Å².